The van der Waals surface area contributed by atoms with E-state index >= 15 is 0 Å². The van der Waals surface area contributed by atoms with Crippen LogP contribution in [0.25, 0.3) is 0 Å². The maximum Gasteiger partial charge on any atom is 0.275 e. The summed E-state index contributed by atoms with van der Waals surface area (Å²) in [6, 6.07) is 8.15. The molecule has 2 aromatic rings. The van der Waals surface area contributed by atoms with Gasteiger partial charge in [0.15, 0.2) is 0 Å². The number of likely N-dealkylation sites (tertiary alicyclic amines) is 1. The highest BCUT2D eigenvalue weighted by atomic mass is 16.1. The molecule has 138 valence electrons. The number of nitrogens with zero attached hydrogens (tertiary/aromatic N) is 3. The predicted molar refractivity (Wildman–Crippen MR) is 104 cm³/mol. The Morgan fingerprint density at radius 2 is 2.08 bits per heavy atom. The monoisotopic (exact) mass is 352 g/mol. The maximum absolute atomic E-state index is 12.1. The number of rotatable bonds is 6. The van der Waals surface area contributed by atoms with Gasteiger partial charge in [-0.05, 0) is 61.9 Å². The van der Waals surface area contributed by atoms with Crippen molar-refractivity contribution >= 4 is 11.6 Å². The number of aryl methyl sites for hydroxylation is 1. The molecule has 3 rings (SSSR count). The zero-order valence-electron chi connectivity index (χ0n) is 15.7. The first-order valence-corrected chi connectivity index (χ1v) is 9.54. The summed E-state index contributed by atoms with van der Waals surface area (Å²) in [5.74, 6) is 1.35. The first-order chi connectivity index (χ1) is 12.7. The molecular formula is C21H28N4O. The van der Waals surface area contributed by atoms with Crippen LogP contribution in [0.2, 0.25) is 0 Å². The molecule has 0 saturated carbocycles. The Balaban J connectivity index is 1.49. The fourth-order valence-electron chi connectivity index (χ4n) is 3.71. The van der Waals surface area contributed by atoms with Crippen molar-refractivity contribution in [2.75, 3.05) is 25.0 Å². The SMILES string of the molecule is CCN1CC[C@@H](CCc2ccc(NC(=O)c3cnccn3)cc2)[C@@H](C)C1. The van der Waals surface area contributed by atoms with Crippen LogP contribution in [0.5, 0.6) is 0 Å². The minimum Gasteiger partial charge on any atom is -0.321 e. The third kappa shape index (κ3) is 4.88. The third-order valence-electron chi connectivity index (χ3n) is 5.43. The Morgan fingerprint density at radius 1 is 1.27 bits per heavy atom. The van der Waals surface area contributed by atoms with E-state index < -0.39 is 0 Å². The van der Waals surface area contributed by atoms with E-state index in [4.69, 9.17) is 0 Å². The number of anilines is 1. The largest absolute Gasteiger partial charge is 0.321 e. The normalized spacial score (nSPS) is 20.7. The first-order valence-electron chi connectivity index (χ1n) is 9.54. The topological polar surface area (TPSA) is 58.1 Å². The highest BCUT2D eigenvalue weighted by Gasteiger charge is 2.24. The number of carbonyl (C=O) groups is 1. The molecule has 1 aromatic carbocycles. The molecule has 26 heavy (non-hydrogen) atoms. The Morgan fingerprint density at radius 3 is 2.73 bits per heavy atom. The van der Waals surface area contributed by atoms with Crippen molar-refractivity contribution in [2.45, 2.75) is 33.1 Å². The van der Waals surface area contributed by atoms with Crippen LogP contribution in [-0.4, -0.2) is 40.4 Å². The van der Waals surface area contributed by atoms with Gasteiger partial charge in [0, 0.05) is 24.6 Å². The first kappa shape index (κ1) is 18.5. The molecule has 0 bridgehead atoms. The van der Waals surface area contributed by atoms with Crippen molar-refractivity contribution in [1.29, 1.82) is 0 Å². The molecule has 1 saturated heterocycles. The summed E-state index contributed by atoms with van der Waals surface area (Å²) >= 11 is 0. The van der Waals surface area contributed by atoms with Gasteiger partial charge in [0.25, 0.3) is 5.91 Å². The molecule has 1 amide bonds. The zero-order valence-corrected chi connectivity index (χ0v) is 15.7. The molecule has 0 unspecified atom stereocenters. The predicted octanol–water partition coefficient (Wildman–Crippen LogP) is 3.64. The average Bonchev–Trinajstić information content (AvgIpc) is 2.68. The van der Waals surface area contributed by atoms with E-state index in [0.29, 0.717) is 5.69 Å². The summed E-state index contributed by atoms with van der Waals surface area (Å²) in [5, 5.41) is 2.86. The molecule has 5 heteroatoms. The molecule has 5 nitrogen and oxygen atoms in total. The van der Waals surface area contributed by atoms with Crippen LogP contribution >= 0.6 is 0 Å². The molecule has 2 atom stereocenters. The molecule has 1 aliphatic rings. The molecule has 0 aliphatic carbocycles. The second kappa shape index (κ2) is 8.90. The van der Waals surface area contributed by atoms with Crippen molar-refractivity contribution in [3.05, 3.63) is 54.1 Å². The molecule has 1 aromatic heterocycles. The molecule has 2 heterocycles. The number of amides is 1. The summed E-state index contributed by atoms with van der Waals surface area (Å²) < 4.78 is 0. The fraction of sp³-hybridized carbons (Fsp3) is 0.476. The van der Waals surface area contributed by atoms with E-state index in [1.54, 1.807) is 6.20 Å². The van der Waals surface area contributed by atoms with Gasteiger partial charge in [0.2, 0.25) is 0 Å². The van der Waals surface area contributed by atoms with E-state index in [1.165, 1.54) is 50.4 Å². The Kier molecular flexibility index (Phi) is 6.34. The molecule has 1 aliphatic heterocycles. The van der Waals surface area contributed by atoms with Crippen molar-refractivity contribution in [3.63, 3.8) is 0 Å². The Labute approximate surface area is 155 Å². The van der Waals surface area contributed by atoms with E-state index in [9.17, 15) is 4.79 Å². The van der Waals surface area contributed by atoms with Crippen molar-refractivity contribution in [1.82, 2.24) is 14.9 Å². The molecule has 1 fully saturated rings. The van der Waals surface area contributed by atoms with Crippen LogP contribution in [0.3, 0.4) is 0 Å². The molecule has 1 N–H and O–H groups in total. The van der Waals surface area contributed by atoms with Gasteiger partial charge in [-0.2, -0.15) is 0 Å². The second-order valence-electron chi connectivity index (χ2n) is 7.20. The number of nitrogens with one attached hydrogen (secondary N) is 1. The van der Waals surface area contributed by atoms with Gasteiger partial charge in [0.1, 0.15) is 5.69 Å². The summed E-state index contributed by atoms with van der Waals surface area (Å²) in [6.07, 6.45) is 8.18. The van der Waals surface area contributed by atoms with Crippen LogP contribution < -0.4 is 5.32 Å². The standard InChI is InChI=1S/C21H28N4O/c1-3-25-13-10-18(16(2)15-25)7-4-17-5-8-19(9-6-17)24-21(26)20-14-22-11-12-23-20/h5-6,8-9,11-12,14,16,18H,3-4,7,10,13,15H2,1-2H3,(H,24,26)/t16-,18+/m0/s1. The highest BCUT2D eigenvalue weighted by molar-refractivity contribution is 6.02. The molecule has 0 radical (unpaired) electrons. The molecule has 0 spiro atoms. The fourth-order valence-corrected chi connectivity index (χ4v) is 3.71. The Bertz CT molecular complexity index is 702. The smallest absolute Gasteiger partial charge is 0.275 e. The van der Waals surface area contributed by atoms with Crippen LogP contribution in [0.4, 0.5) is 5.69 Å². The minimum absolute atomic E-state index is 0.234. The van der Waals surface area contributed by atoms with Crippen molar-refractivity contribution in [3.8, 4) is 0 Å². The summed E-state index contributed by atoms with van der Waals surface area (Å²) in [6.45, 7) is 8.27. The zero-order chi connectivity index (χ0) is 18.4. The van der Waals surface area contributed by atoms with Gasteiger partial charge in [-0.1, -0.05) is 26.0 Å². The number of benzene rings is 1. The lowest BCUT2D eigenvalue weighted by atomic mass is 9.83. The maximum atomic E-state index is 12.1. The lowest BCUT2D eigenvalue weighted by molar-refractivity contribution is 0.102. The number of hydrogen-bond acceptors (Lipinski definition) is 4. The summed E-state index contributed by atoms with van der Waals surface area (Å²) in [4.78, 5) is 22.6. The van der Waals surface area contributed by atoms with Gasteiger partial charge < -0.3 is 10.2 Å². The van der Waals surface area contributed by atoms with Crippen molar-refractivity contribution in [2.24, 2.45) is 11.8 Å². The van der Waals surface area contributed by atoms with Crippen LogP contribution in [-0.2, 0) is 6.42 Å². The third-order valence-corrected chi connectivity index (χ3v) is 5.43. The number of hydrogen-bond donors (Lipinski definition) is 1. The number of aromatic nitrogens is 2. The van der Waals surface area contributed by atoms with Gasteiger partial charge in [-0.15, -0.1) is 0 Å². The van der Waals surface area contributed by atoms with Gasteiger partial charge in [-0.3, -0.25) is 9.78 Å². The van der Waals surface area contributed by atoms with Crippen molar-refractivity contribution < 1.29 is 4.79 Å². The quantitative estimate of drug-likeness (QED) is 0.862. The van der Waals surface area contributed by atoms with E-state index in [0.717, 1.165) is 23.9 Å². The van der Waals surface area contributed by atoms with E-state index in [2.05, 4.69) is 46.2 Å². The lowest BCUT2D eigenvalue weighted by Gasteiger charge is -2.36. The highest BCUT2D eigenvalue weighted by Crippen LogP contribution is 2.27. The Hall–Kier alpha value is -2.27. The average molecular weight is 352 g/mol. The second-order valence-corrected chi connectivity index (χ2v) is 7.20. The molecular weight excluding hydrogens is 324 g/mol. The number of carbonyl (C=O) groups excluding carboxylic acids is 1. The van der Waals surface area contributed by atoms with Crippen LogP contribution in [0, 0.1) is 11.8 Å². The van der Waals surface area contributed by atoms with Gasteiger partial charge in [-0.25, -0.2) is 4.98 Å². The lowest BCUT2D eigenvalue weighted by Crippen LogP contribution is -2.39. The van der Waals surface area contributed by atoms with E-state index in [-0.39, 0.29) is 5.91 Å². The van der Waals surface area contributed by atoms with Gasteiger partial charge >= 0.3 is 0 Å². The van der Waals surface area contributed by atoms with Crippen LogP contribution in [0.1, 0.15) is 42.7 Å². The minimum atomic E-state index is -0.234. The summed E-state index contributed by atoms with van der Waals surface area (Å²) in [5.41, 5.74) is 2.44. The summed E-state index contributed by atoms with van der Waals surface area (Å²) in [7, 11) is 0. The number of piperidine rings is 1. The van der Waals surface area contributed by atoms with Gasteiger partial charge in [0.05, 0.1) is 6.20 Å². The van der Waals surface area contributed by atoms with Crippen LogP contribution in [0.15, 0.2) is 42.9 Å². The van der Waals surface area contributed by atoms with E-state index in [1.807, 2.05) is 12.1 Å².